The Kier molecular flexibility index (Phi) is 8.80. The number of aryl methyl sites for hydroxylation is 1. The normalized spacial score (nSPS) is 11.5. The van der Waals surface area contributed by atoms with Crippen molar-refractivity contribution >= 4 is 10.1 Å². The van der Waals surface area contributed by atoms with Gasteiger partial charge in [0.05, 0.1) is 4.90 Å². The molecule has 0 amide bonds. The molecule has 0 aliphatic carbocycles. The summed E-state index contributed by atoms with van der Waals surface area (Å²) >= 11 is 0. The summed E-state index contributed by atoms with van der Waals surface area (Å²) in [7, 11) is -4.29. The maximum absolute atomic E-state index is 11.7. The van der Waals surface area contributed by atoms with E-state index in [-0.39, 0.29) is 10.6 Å². The highest BCUT2D eigenvalue weighted by atomic mass is 32.2. The van der Waals surface area contributed by atoms with Gasteiger partial charge in [-0.15, -0.1) is 0 Å². The molecular formula is C22H30O5S. The van der Waals surface area contributed by atoms with E-state index in [4.69, 9.17) is 4.74 Å². The van der Waals surface area contributed by atoms with Crippen LogP contribution in [0.2, 0.25) is 0 Å². The van der Waals surface area contributed by atoms with Crippen LogP contribution in [0.1, 0.15) is 63.9 Å². The van der Waals surface area contributed by atoms with Crippen LogP contribution in [-0.2, 0) is 16.5 Å². The molecule has 5 nitrogen and oxygen atoms in total. The molecule has 0 atom stereocenters. The lowest BCUT2D eigenvalue weighted by atomic mass is 10.0. The minimum absolute atomic E-state index is 0.00554. The van der Waals surface area contributed by atoms with Crippen molar-refractivity contribution in [3.05, 3.63) is 48.0 Å². The Hall–Kier alpha value is -2.05. The van der Waals surface area contributed by atoms with Crippen LogP contribution >= 0.6 is 0 Å². The zero-order valence-corrected chi connectivity index (χ0v) is 17.2. The van der Waals surface area contributed by atoms with E-state index < -0.39 is 10.1 Å². The fourth-order valence-electron chi connectivity index (χ4n) is 3.19. The number of benzene rings is 2. The van der Waals surface area contributed by atoms with Gasteiger partial charge in [0.2, 0.25) is 0 Å². The van der Waals surface area contributed by atoms with E-state index in [0.717, 1.165) is 19.3 Å². The Balaban J connectivity index is 2.00. The highest BCUT2D eigenvalue weighted by Gasteiger charge is 2.16. The third kappa shape index (κ3) is 7.17. The lowest BCUT2D eigenvalue weighted by Crippen LogP contribution is -2.04. The van der Waals surface area contributed by atoms with Crippen LogP contribution in [-0.4, -0.2) is 18.1 Å². The number of hydrogen-bond donors (Lipinski definition) is 2. The van der Waals surface area contributed by atoms with Crippen molar-refractivity contribution in [1.82, 2.24) is 0 Å². The Morgan fingerprint density at radius 3 is 2.18 bits per heavy atom. The van der Waals surface area contributed by atoms with E-state index in [1.54, 1.807) is 24.3 Å². The van der Waals surface area contributed by atoms with Gasteiger partial charge in [-0.2, -0.15) is 8.42 Å². The van der Waals surface area contributed by atoms with Crippen molar-refractivity contribution in [2.75, 3.05) is 0 Å². The second kappa shape index (κ2) is 11.1. The molecule has 0 heterocycles. The summed E-state index contributed by atoms with van der Waals surface area (Å²) in [6.07, 6.45) is 9.75. The number of phenols is 1. The summed E-state index contributed by atoms with van der Waals surface area (Å²) in [4.78, 5) is -0.0833. The Morgan fingerprint density at radius 1 is 0.893 bits per heavy atom. The van der Waals surface area contributed by atoms with Gasteiger partial charge in [0.1, 0.15) is 5.75 Å². The molecule has 0 aliphatic heterocycles. The lowest BCUT2D eigenvalue weighted by molar-refractivity contribution is 0.410. The van der Waals surface area contributed by atoms with E-state index in [1.165, 1.54) is 50.3 Å². The number of hydrogen-bond acceptors (Lipinski definition) is 4. The zero-order chi connectivity index (χ0) is 20.4. The van der Waals surface area contributed by atoms with Crippen molar-refractivity contribution in [3.8, 4) is 17.2 Å². The minimum Gasteiger partial charge on any atom is -0.504 e. The van der Waals surface area contributed by atoms with Gasteiger partial charge in [0.15, 0.2) is 11.5 Å². The Labute approximate surface area is 168 Å². The lowest BCUT2D eigenvalue weighted by Gasteiger charge is -2.12. The van der Waals surface area contributed by atoms with E-state index >= 15 is 0 Å². The maximum atomic E-state index is 11.7. The topological polar surface area (TPSA) is 83.8 Å². The summed E-state index contributed by atoms with van der Waals surface area (Å²) in [5.74, 6) is 0.717. The fraction of sp³-hybridized carbons (Fsp3) is 0.455. The molecule has 154 valence electrons. The number of phenolic OH excluding ortho intramolecular Hbond substituents is 1. The van der Waals surface area contributed by atoms with Gasteiger partial charge in [0, 0.05) is 0 Å². The summed E-state index contributed by atoms with van der Waals surface area (Å²) in [5, 5.41) is 9.84. The molecule has 0 radical (unpaired) electrons. The Bertz CT molecular complexity index is 846. The quantitative estimate of drug-likeness (QED) is 0.328. The van der Waals surface area contributed by atoms with Crippen LogP contribution in [0.25, 0.3) is 0 Å². The number of aromatic hydroxyl groups is 1. The number of unbranched alkanes of at least 4 members (excludes halogenated alkanes) is 7. The van der Waals surface area contributed by atoms with Crippen molar-refractivity contribution in [3.63, 3.8) is 0 Å². The van der Waals surface area contributed by atoms with Crippen LogP contribution in [0, 0.1) is 0 Å². The molecule has 0 saturated heterocycles. The van der Waals surface area contributed by atoms with Crippen molar-refractivity contribution in [2.24, 2.45) is 0 Å². The monoisotopic (exact) mass is 406 g/mol. The molecule has 2 aromatic carbocycles. The molecule has 0 aromatic heterocycles. The number of rotatable bonds is 12. The van der Waals surface area contributed by atoms with E-state index in [9.17, 15) is 18.1 Å². The first-order valence-electron chi connectivity index (χ1n) is 9.98. The fourth-order valence-corrected chi connectivity index (χ4v) is 3.92. The van der Waals surface area contributed by atoms with Gasteiger partial charge >= 0.3 is 0 Å². The third-order valence-corrected chi connectivity index (χ3v) is 5.66. The highest BCUT2D eigenvalue weighted by molar-refractivity contribution is 7.85. The van der Waals surface area contributed by atoms with Crippen LogP contribution in [0.3, 0.4) is 0 Å². The second-order valence-electron chi connectivity index (χ2n) is 7.04. The summed E-state index contributed by atoms with van der Waals surface area (Å²) in [6, 6.07) is 11.0. The molecule has 2 N–H and O–H groups in total. The van der Waals surface area contributed by atoms with Crippen LogP contribution in [0.15, 0.2) is 47.4 Å². The summed E-state index contributed by atoms with van der Waals surface area (Å²) in [5.41, 5.74) is 0.529. The number of para-hydroxylation sites is 2. The van der Waals surface area contributed by atoms with E-state index in [1.807, 2.05) is 0 Å². The van der Waals surface area contributed by atoms with Gasteiger partial charge in [-0.05, 0) is 48.7 Å². The maximum Gasteiger partial charge on any atom is 0.294 e. The summed E-state index contributed by atoms with van der Waals surface area (Å²) in [6.45, 7) is 2.20. The first-order chi connectivity index (χ1) is 13.4. The summed E-state index contributed by atoms with van der Waals surface area (Å²) < 4.78 is 38.6. The van der Waals surface area contributed by atoms with Gasteiger partial charge in [-0.3, -0.25) is 4.55 Å². The Morgan fingerprint density at radius 2 is 1.54 bits per heavy atom. The SMILES string of the molecule is CCCCCCCCCCc1cc(Oc2ccccc2O)ccc1S(=O)(=O)O. The molecule has 0 aliphatic rings. The predicted octanol–water partition coefficient (Wildman–Crippen LogP) is 6.11. The molecule has 0 saturated carbocycles. The third-order valence-electron chi connectivity index (χ3n) is 4.70. The highest BCUT2D eigenvalue weighted by Crippen LogP contribution is 2.32. The van der Waals surface area contributed by atoms with E-state index in [0.29, 0.717) is 23.5 Å². The average Bonchev–Trinajstić information content (AvgIpc) is 2.65. The van der Waals surface area contributed by atoms with Crippen LogP contribution < -0.4 is 4.74 Å². The van der Waals surface area contributed by atoms with Crippen molar-refractivity contribution in [2.45, 2.75) is 69.6 Å². The minimum atomic E-state index is -4.29. The first kappa shape index (κ1) is 22.2. The van der Waals surface area contributed by atoms with Crippen LogP contribution in [0.5, 0.6) is 17.2 Å². The average molecular weight is 407 g/mol. The van der Waals surface area contributed by atoms with Crippen LogP contribution in [0.4, 0.5) is 0 Å². The largest absolute Gasteiger partial charge is 0.504 e. The standard InChI is InChI=1S/C22H30O5S/c1-2-3-4-5-6-7-8-9-12-18-17-19(15-16-22(18)28(24,25)26)27-21-14-11-10-13-20(21)23/h10-11,13-17,23H,2-9,12H2,1H3,(H,24,25,26). The molecule has 6 heteroatoms. The van der Waals surface area contributed by atoms with Crippen molar-refractivity contribution < 1.29 is 22.8 Å². The predicted molar refractivity (Wildman–Crippen MR) is 111 cm³/mol. The second-order valence-corrected chi connectivity index (χ2v) is 8.43. The molecule has 0 bridgehead atoms. The molecule has 0 unspecified atom stereocenters. The smallest absolute Gasteiger partial charge is 0.294 e. The van der Waals surface area contributed by atoms with Crippen molar-refractivity contribution in [1.29, 1.82) is 0 Å². The zero-order valence-electron chi connectivity index (χ0n) is 16.4. The molecule has 2 aromatic rings. The molecule has 0 fully saturated rings. The number of ether oxygens (including phenoxy) is 1. The van der Waals surface area contributed by atoms with Gasteiger partial charge in [-0.1, -0.05) is 64.0 Å². The molecular weight excluding hydrogens is 376 g/mol. The molecule has 2 rings (SSSR count). The van der Waals surface area contributed by atoms with Gasteiger partial charge < -0.3 is 9.84 Å². The first-order valence-corrected chi connectivity index (χ1v) is 11.4. The molecule has 28 heavy (non-hydrogen) atoms. The molecule has 0 spiro atoms. The van der Waals surface area contributed by atoms with Gasteiger partial charge in [0.25, 0.3) is 10.1 Å². The van der Waals surface area contributed by atoms with E-state index in [2.05, 4.69) is 6.92 Å². The van der Waals surface area contributed by atoms with Gasteiger partial charge in [-0.25, -0.2) is 0 Å².